The molecule has 1 unspecified atom stereocenters. The summed E-state index contributed by atoms with van der Waals surface area (Å²) in [5.41, 5.74) is -0.549. The molecule has 0 bridgehead atoms. The lowest BCUT2D eigenvalue weighted by molar-refractivity contribution is -0.138. The second kappa shape index (κ2) is 4.57. The maximum Gasteiger partial charge on any atom is 0.0922 e. The molecule has 0 aromatic carbocycles. The summed E-state index contributed by atoms with van der Waals surface area (Å²) < 4.78 is 4.83. The Kier molecular flexibility index (Phi) is 3.89. The molecule has 4 heteroatoms. The zero-order valence-electron chi connectivity index (χ0n) is 9.23. The number of aliphatic hydroxyl groups excluding tert-OH is 1. The van der Waals surface area contributed by atoms with Crippen LogP contribution in [0.5, 0.6) is 0 Å². The van der Waals surface area contributed by atoms with Gasteiger partial charge in [0.05, 0.1) is 18.3 Å². The maximum absolute atomic E-state index is 9.95. The minimum Gasteiger partial charge on any atom is -0.389 e. The number of β-amino-alcohol motifs (C(OH)–C–C–N with tert-alkyl or cyclic N) is 2. The molecular weight excluding hydrogens is 182 g/mol. The highest BCUT2D eigenvalue weighted by Gasteiger charge is 2.43. The van der Waals surface area contributed by atoms with E-state index in [0.29, 0.717) is 26.2 Å². The van der Waals surface area contributed by atoms with E-state index >= 15 is 0 Å². The average molecular weight is 203 g/mol. The van der Waals surface area contributed by atoms with Gasteiger partial charge in [-0.05, 0) is 5.92 Å². The van der Waals surface area contributed by atoms with Gasteiger partial charge in [0.25, 0.3) is 0 Å². The average Bonchev–Trinajstić information content (AvgIpc) is 2.01. The van der Waals surface area contributed by atoms with E-state index in [1.807, 2.05) is 18.7 Å². The molecule has 2 N–H and O–H groups in total. The number of hydrogen-bond acceptors (Lipinski definition) is 4. The highest BCUT2D eigenvalue weighted by Crippen LogP contribution is 2.28. The molecule has 1 fully saturated rings. The summed E-state index contributed by atoms with van der Waals surface area (Å²) in [5, 5.41) is 19.4. The van der Waals surface area contributed by atoms with Crippen molar-refractivity contribution in [2.24, 2.45) is 5.92 Å². The predicted molar refractivity (Wildman–Crippen MR) is 54.1 cm³/mol. The monoisotopic (exact) mass is 203 g/mol. The van der Waals surface area contributed by atoms with Gasteiger partial charge in [0.1, 0.15) is 0 Å². The van der Waals surface area contributed by atoms with Gasteiger partial charge in [-0.25, -0.2) is 0 Å². The molecule has 1 atom stereocenters. The molecule has 0 aromatic rings. The molecule has 0 aromatic heterocycles. The van der Waals surface area contributed by atoms with Gasteiger partial charge in [-0.1, -0.05) is 13.8 Å². The molecule has 1 aliphatic heterocycles. The molecule has 4 nitrogen and oxygen atoms in total. The van der Waals surface area contributed by atoms with Crippen molar-refractivity contribution in [3.05, 3.63) is 0 Å². The number of likely N-dealkylation sites (tertiary alicyclic amines) is 1. The molecule has 0 amide bonds. The third-order valence-electron chi connectivity index (χ3n) is 2.90. The third-order valence-corrected chi connectivity index (χ3v) is 2.90. The van der Waals surface area contributed by atoms with Crippen LogP contribution in [0.4, 0.5) is 0 Å². The van der Waals surface area contributed by atoms with Crippen LogP contribution < -0.4 is 0 Å². The van der Waals surface area contributed by atoms with E-state index in [-0.39, 0.29) is 5.92 Å². The molecule has 0 spiro atoms. The van der Waals surface area contributed by atoms with Crippen LogP contribution in [0, 0.1) is 5.92 Å². The Balaban J connectivity index is 2.21. The standard InChI is InChI=1S/C10H21NO3/c1-8(2)10(13)6-11(7-10)4-9(12)5-14-3/h8-9,12-13H,4-7H2,1-3H3. The highest BCUT2D eigenvalue weighted by molar-refractivity contribution is 4.97. The van der Waals surface area contributed by atoms with Gasteiger partial charge in [-0.2, -0.15) is 0 Å². The van der Waals surface area contributed by atoms with Gasteiger partial charge in [0, 0.05) is 26.7 Å². The van der Waals surface area contributed by atoms with Crippen molar-refractivity contribution in [2.45, 2.75) is 25.6 Å². The summed E-state index contributed by atoms with van der Waals surface area (Å²) in [6.07, 6.45) is -0.447. The highest BCUT2D eigenvalue weighted by atomic mass is 16.5. The van der Waals surface area contributed by atoms with Crippen molar-refractivity contribution in [1.82, 2.24) is 4.90 Å². The molecule has 0 radical (unpaired) electrons. The molecule has 84 valence electrons. The van der Waals surface area contributed by atoms with Crippen LogP contribution in [0.3, 0.4) is 0 Å². The Bertz CT molecular complexity index is 178. The molecule has 1 heterocycles. The van der Waals surface area contributed by atoms with Crippen molar-refractivity contribution < 1.29 is 14.9 Å². The number of nitrogens with zero attached hydrogens (tertiary/aromatic N) is 1. The van der Waals surface area contributed by atoms with E-state index in [1.54, 1.807) is 7.11 Å². The van der Waals surface area contributed by atoms with Gasteiger partial charge in [0.15, 0.2) is 0 Å². The summed E-state index contributed by atoms with van der Waals surface area (Å²) in [6.45, 7) is 6.29. The van der Waals surface area contributed by atoms with E-state index < -0.39 is 11.7 Å². The lowest BCUT2D eigenvalue weighted by Gasteiger charge is -2.49. The Morgan fingerprint density at radius 3 is 2.43 bits per heavy atom. The van der Waals surface area contributed by atoms with E-state index in [2.05, 4.69) is 0 Å². The second-order valence-corrected chi connectivity index (χ2v) is 4.54. The van der Waals surface area contributed by atoms with Gasteiger partial charge in [0.2, 0.25) is 0 Å². The first kappa shape index (κ1) is 11.9. The lowest BCUT2D eigenvalue weighted by Crippen LogP contribution is -2.65. The van der Waals surface area contributed by atoms with Crippen LogP contribution in [0.15, 0.2) is 0 Å². The van der Waals surface area contributed by atoms with Crippen LogP contribution >= 0.6 is 0 Å². The van der Waals surface area contributed by atoms with E-state index in [1.165, 1.54) is 0 Å². The normalized spacial score (nSPS) is 23.6. The molecular formula is C10H21NO3. The van der Waals surface area contributed by atoms with Crippen LogP contribution in [0.25, 0.3) is 0 Å². The summed E-state index contributed by atoms with van der Waals surface area (Å²) in [5.74, 6) is 0.276. The van der Waals surface area contributed by atoms with Gasteiger partial charge < -0.3 is 14.9 Å². The van der Waals surface area contributed by atoms with Crippen molar-refractivity contribution in [2.75, 3.05) is 33.4 Å². The number of ether oxygens (including phenoxy) is 1. The summed E-state index contributed by atoms with van der Waals surface area (Å²) in [7, 11) is 1.57. The van der Waals surface area contributed by atoms with Crippen LogP contribution in [0.1, 0.15) is 13.8 Å². The van der Waals surface area contributed by atoms with Crippen molar-refractivity contribution in [1.29, 1.82) is 0 Å². The zero-order chi connectivity index (χ0) is 10.8. The fraction of sp³-hybridized carbons (Fsp3) is 1.00. The topological polar surface area (TPSA) is 52.9 Å². The largest absolute Gasteiger partial charge is 0.389 e. The Labute approximate surface area is 85.5 Å². The van der Waals surface area contributed by atoms with Crippen molar-refractivity contribution in [3.8, 4) is 0 Å². The third kappa shape index (κ3) is 2.67. The van der Waals surface area contributed by atoms with Crippen LogP contribution in [-0.4, -0.2) is 60.2 Å². The number of methoxy groups -OCH3 is 1. The second-order valence-electron chi connectivity index (χ2n) is 4.54. The molecule has 1 aliphatic rings. The molecule has 14 heavy (non-hydrogen) atoms. The summed E-state index contributed by atoms with van der Waals surface area (Å²) in [4.78, 5) is 2.05. The first-order valence-electron chi connectivity index (χ1n) is 5.09. The van der Waals surface area contributed by atoms with Crippen LogP contribution in [-0.2, 0) is 4.74 Å². The summed E-state index contributed by atoms with van der Waals surface area (Å²) >= 11 is 0. The molecule has 1 rings (SSSR count). The SMILES string of the molecule is COCC(O)CN1CC(O)(C(C)C)C1. The van der Waals surface area contributed by atoms with Crippen LogP contribution in [0.2, 0.25) is 0 Å². The lowest BCUT2D eigenvalue weighted by atomic mass is 9.83. The smallest absolute Gasteiger partial charge is 0.0922 e. The first-order valence-corrected chi connectivity index (χ1v) is 5.09. The maximum atomic E-state index is 9.95. The molecule has 0 aliphatic carbocycles. The number of aliphatic hydroxyl groups is 2. The van der Waals surface area contributed by atoms with Gasteiger partial charge >= 0.3 is 0 Å². The Morgan fingerprint density at radius 1 is 1.43 bits per heavy atom. The van der Waals surface area contributed by atoms with Crippen molar-refractivity contribution in [3.63, 3.8) is 0 Å². The fourth-order valence-electron chi connectivity index (χ4n) is 1.77. The Morgan fingerprint density at radius 2 is 2.00 bits per heavy atom. The minimum atomic E-state index is -0.549. The molecule has 0 saturated carbocycles. The van der Waals surface area contributed by atoms with E-state index in [9.17, 15) is 10.2 Å². The van der Waals surface area contributed by atoms with Gasteiger partial charge in [-0.3, -0.25) is 4.90 Å². The minimum absolute atomic E-state index is 0.276. The number of hydrogen-bond donors (Lipinski definition) is 2. The fourth-order valence-corrected chi connectivity index (χ4v) is 1.77. The predicted octanol–water partition coefficient (Wildman–Crippen LogP) is -0.304. The number of rotatable bonds is 5. The Hall–Kier alpha value is -0.160. The van der Waals surface area contributed by atoms with Crippen molar-refractivity contribution >= 4 is 0 Å². The van der Waals surface area contributed by atoms with E-state index in [0.717, 1.165) is 0 Å². The summed E-state index contributed by atoms with van der Waals surface area (Å²) in [6, 6.07) is 0. The quantitative estimate of drug-likeness (QED) is 0.644. The zero-order valence-corrected chi connectivity index (χ0v) is 9.23. The van der Waals surface area contributed by atoms with Gasteiger partial charge in [-0.15, -0.1) is 0 Å². The molecule has 1 saturated heterocycles. The first-order chi connectivity index (χ1) is 6.48. The van der Waals surface area contributed by atoms with E-state index in [4.69, 9.17) is 4.74 Å².